The first-order valence-corrected chi connectivity index (χ1v) is 13.2. The predicted octanol–water partition coefficient (Wildman–Crippen LogP) is 2.86. The van der Waals surface area contributed by atoms with Gasteiger partial charge in [0, 0.05) is 11.5 Å². The maximum atomic E-state index is 14.0. The van der Waals surface area contributed by atoms with Crippen molar-refractivity contribution in [2.24, 2.45) is 11.8 Å². The highest BCUT2D eigenvalue weighted by Crippen LogP contribution is 2.53. The SMILES string of the molecule is COc1ccc(CCc2ccc(O)c3c2C[C@H]2C[C@H]4[C@H](N(C)C)C(=O)C(C(C)=O)=C(O)[C@@]4(O)C(=O)C2=C3O)cc1. The summed E-state index contributed by atoms with van der Waals surface area (Å²) in [5.74, 6) is -4.88. The molecule has 210 valence electrons. The van der Waals surface area contributed by atoms with Crippen LogP contribution < -0.4 is 4.74 Å². The third kappa shape index (κ3) is 4.03. The summed E-state index contributed by atoms with van der Waals surface area (Å²) in [4.78, 5) is 41.1. The number of ketones is 3. The minimum Gasteiger partial charge on any atom is -0.508 e. The van der Waals surface area contributed by atoms with Crippen LogP contribution >= 0.6 is 0 Å². The van der Waals surface area contributed by atoms with E-state index in [2.05, 4.69) is 0 Å². The van der Waals surface area contributed by atoms with E-state index in [-0.39, 0.29) is 29.7 Å². The van der Waals surface area contributed by atoms with Crippen molar-refractivity contribution in [1.82, 2.24) is 4.90 Å². The van der Waals surface area contributed by atoms with Gasteiger partial charge in [-0.3, -0.25) is 19.3 Å². The molecule has 0 bridgehead atoms. The lowest BCUT2D eigenvalue weighted by Crippen LogP contribution is -2.65. The van der Waals surface area contributed by atoms with Gasteiger partial charge in [0.05, 0.1) is 18.7 Å². The highest BCUT2D eigenvalue weighted by molar-refractivity contribution is 6.25. The van der Waals surface area contributed by atoms with Crippen molar-refractivity contribution >= 4 is 23.1 Å². The molecule has 0 saturated heterocycles. The zero-order valence-corrected chi connectivity index (χ0v) is 22.9. The van der Waals surface area contributed by atoms with Gasteiger partial charge in [-0.2, -0.15) is 0 Å². The van der Waals surface area contributed by atoms with Gasteiger partial charge in [0.2, 0.25) is 5.78 Å². The fourth-order valence-corrected chi connectivity index (χ4v) is 6.72. The van der Waals surface area contributed by atoms with Crippen LogP contribution in [-0.4, -0.2) is 75.5 Å². The molecule has 2 aromatic carbocycles. The van der Waals surface area contributed by atoms with Gasteiger partial charge in [-0.15, -0.1) is 0 Å². The summed E-state index contributed by atoms with van der Waals surface area (Å²) >= 11 is 0. The Morgan fingerprint density at radius 3 is 2.33 bits per heavy atom. The van der Waals surface area contributed by atoms with Crippen molar-refractivity contribution in [2.75, 3.05) is 21.2 Å². The number of ether oxygens (including phenoxy) is 1. The largest absolute Gasteiger partial charge is 0.508 e. The van der Waals surface area contributed by atoms with E-state index in [0.29, 0.717) is 18.4 Å². The molecule has 0 aromatic heterocycles. The first-order chi connectivity index (χ1) is 18.9. The second-order valence-electron chi connectivity index (χ2n) is 11.1. The van der Waals surface area contributed by atoms with Crippen LogP contribution in [0.2, 0.25) is 0 Å². The Kier molecular flexibility index (Phi) is 6.84. The van der Waals surface area contributed by atoms with E-state index in [1.54, 1.807) is 27.3 Å². The average Bonchev–Trinajstić information content (AvgIpc) is 2.90. The van der Waals surface area contributed by atoms with E-state index in [9.17, 15) is 34.8 Å². The van der Waals surface area contributed by atoms with Crippen LogP contribution in [0, 0.1) is 11.8 Å². The van der Waals surface area contributed by atoms with Crippen LogP contribution in [0.4, 0.5) is 0 Å². The number of aromatic hydroxyl groups is 1. The number of carbonyl (C=O) groups excluding carboxylic acids is 3. The van der Waals surface area contributed by atoms with Crippen LogP contribution in [0.5, 0.6) is 11.5 Å². The molecule has 1 fully saturated rings. The number of hydrogen-bond donors (Lipinski definition) is 4. The summed E-state index contributed by atoms with van der Waals surface area (Å²) in [6.45, 7) is 1.09. The van der Waals surface area contributed by atoms with Gasteiger partial charge >= 0.3 is 0 Å². The lowest BCUT2D eigenvalue weighted by Gasteiger charge is -2.50. The number of carbonyl (C=O) groups is 3. The van der Waals surface area contributed by atoms with Gasteiger partial charge in [0.25, 0.3) is 0 Å². The number of hydrogen-bond acceptors (Lipinski definition) is 9. The van der Waals surface area contributed by atoms with Crippen molar-refractivity contribution in [3.05, 3.63) is 75.6 Å². The molecule has 0 amide bonds. The summed E-state index contributed by atoms with van der Waals surface area (Å²) in [6, 6.07) is 9.94. The summed E-state index contributed by atoms with van der Waals surface area (Å²) in [7, 11) is 4.83. The Hall–Kier alpha value is -3.95. The van der Waals surface area contributed by atoms with Crippen molar-refractivity contribution < 1.29 is 39.5 Å². The molecule has 4 N–H and O–H groups in total. The Morgan fingerprint density at radius 2 is 1.73 bits per heavy atom. The zero-order chi connectivity index (χ0) is 29.1. The minimum atomic E-state index is -2.57. The molecule has 0 spiro atoms. The van der Waals surface area contributed by atoms with Crippen molar-refractivity contribution in [1.29, 1.82) is 0 Å². The van der Waals surface area contributed by atoms with Crippen LogP contribution in [0.15, 0.2) is 53.3 Å². The number of likely N-dealkylation sites (N-methyl/N-ethyl adjacent to an activating group) is 1. The van der Waals surface area contributed by atoms with Crippen LogP contribution in [0.1, 0.15) is 35.6 Å². The van der Waals surface area contributed by atoms with Crippen LogP contribution in [0.25, 0.3) is 5.76 Å². The van der Waals surface area contributed by atoms with E-state index in [1.807, 2.05) is 24.3 Å². The molecule has 5 rings (SSSR count). The van der Waals surface area contributed by atoms with E-state index < -0.39 is 57.9 Å². The third-order valence-corrected chi connectivity index (χ3v) is 8.65. The highest BCUT2D eigenvalue weighted by Gasteiger charge is 2.64. The van der Waals surface area contributed by atoms with E-state index in [1.165, 1.54) is 11.0 Å². The molecule has 3 aliphatic rings. The van der Waals surface area contributed by atoms with E-state index >= 15 is 0 Å². The molecule has 0 radical (unpaired) electrons. The fraction of sp³-hybridized carbons (Fsp3) is 0.387. The second-order valence-corrected chi connectivity index (χ2v) is 11.1. The summed E-state index contributed by atoms with van der Waals surface area (Å²) in [5, 5.41) is 44.9. The van der Waals surface area contributed by atoms with Gasteiger partial charge in [-0.05, 0) is 87.5 Å². The smallest absolute Gasteiger partial charge is 0.202 e. The van der Waals surface area contributed by atoms with E-state index in [4.69, 9.17) is 4.74 Å². The molecule has 0 aliphatic heterocycles. The summed E-state index contributed by atoms with van der Waals surface area (Å²) in [5.41, 5.74) is -0.490. The van der Waals surface area contributed by atoms with Crippen LogP contribution in [0.3, 0.4) is 0 Å². The van der Waals surface area contributed by atoms with E-state index in [0.717, 1.165) is 23.8 Å². The molecule has 3 aliphatic carbocycles. The Bertz CT molecular complexity index is 1490. The molecule has 9 nitrogen and oxygen atoms in total. The quantitative estimate of drug-likeness (QED) is 0.401. The fourth-order valence-electron chi connectivity index (χ4n) is 6.72. The molecular weight excluding hydrogens is 514 g/mol. The number of fused-ring (bicyclic) bond motifs is 3. The van der Waals surface area contributed by atoms with Gasteiger partial charge < -0.3 is 25.2 Å². The Labute approximate surface area is 232 Å². The first-order valence-electron chi connectivity index (χ1n) is 13.2. The van der Waals surface area contributed by atoms with Crippen molar-refractivity contribution in [3.63, 3.8) is 0 Å². The van der Waals surface area contributed by atoms with Crippen molar-refractivity contribution in [3.8, 4) is 11.5 Å². The second kappa shape index (κ2) is 9.91. The average molecular weight is 548 g/mol. The number of aliphatic hydroxyl groups is 3. The molecule has 4 atom stereocenters. The number of nitrogens with zero attached hydrogens (tertiary/aromatic N) is 1. The molecule has 1 saturated carbocycles. The molecule has 40 heavy (non-hydrogen) atoms. The third-order valence-electron chi connectivity index (χ3n) is 8.65. The number of phenolic OH excluding ortho intramolecular Hbond substituents is 1. The number of methoxy groups -OCH3 is 1. The maximum Gasteiger partial charge on any atom is 0.202 e. The van der Waals surface area contributed by atoms with Gasteiger partial charge in [-0.1, -0.05) is 18.2 Å². The molecular formula is C31H33NO8. The lowest BCUT2D eigenvalue weighted by atomic mass is 9.57. The zero-order valence-electron chi connectivity index (χ0n) is 22.9. The van der Waals surface area contributed by atoms with Crippen molar-refractivity contribution in [2.45, 2.75) is 44.2 Å². The monoisotopic (exact) mass is 547 g/mol. The number of phenols is 1. The Morgan fingerprint density at radius 1 is 1.05 bits per heavy atom. The number of benzene rings is 2. The van der Waals surface area contributed by atoms with Gasteiger partial charge in [0.1, 0.15) is 28.6 Å². The molecule has 0 unspecified atom stereocenters. The number of rotatable bonds is 6. The van der Waals surface area contributed by atoms with Crippen LogP contribution in [-0.2, 0) is 33.6 Å². The molecule has 2 aromatic rings. The minimum absolute atomic E-state index is 0.0957. The Balaban J connectivity index is 1.59. The maximum absolute atomic E-state index is 14.0. The topological polar surface area (TPSA) is 145 Å². The number of aryl methyl sites for hydroxylation is 2. The number of aliphatic hydroxyl groups excluding tert-OH is 2. The molecule has 9 heteroatoms. The normalized spacial score (nSPS) is 26.0. The summed E-state index contributed by atoms with van der Waals surface area (Å²) in [6.07, 6.45) is 1.68. The molecule has 0 heterocycles. The first kappa shape index (κ1) is 27.6. The summed E-state index contributed by atoms with van der Waals surface area (Å²) < 4.78 is 5.22. The lowest BCUT2D eigenvalue weighted by molar-refractivity contribution is -0.153. The number of Topliss-reactive ketones (excluding diaryl/α,β-unsaturated/α-hetero) is 3. The van der Waals surface area contributed by atoms with Gasteiger partial charge in [-0.25, -0.2) is 0 Å². The predicted molar refractivity (Wildman–Crippen MR) is 146 cm³/mol. The highest BCUT2D eigenvalue weighted by atomic mass is 16.5. The van der Waals surface area contributed by atoms with Gasteiger partial charge in [0.15, 0.2) is 17.2 Å². The standard InChI is InChI=1S/C31H33NO8/c1-15(33)23-28(36)26(32(2)3)21-14-18-13-20-17(8-5-16-6-10-19(40-4)11-7-16)9-12-22(34)25(20)27(35)24(18)30(38)31(21,39)29(23)37/h6-7,9-12,18,21,26,34-35,37,39H,5,8,13-14H2,1-4H3/t18-,21-,26-,31+/m0/s1.